The Balaban J connectivity index is 1.29. The zero-order chi connectivity index (χ0) is 32.2. The molecular formula is C34H27ClN6O4S. The van der Waals surface area contributed by atoms with Crippen LogP contribution in [0, 0.1) is 23.2 Å². The second-order valence-corrected chi connectivity index (χ2v) is 13.9. The average Bonchev–Trinajstić information content (AvgIpc) is 3.43. The number of halogens is 1. The van der Waals surface area contributed by atoms with Crippen LogP contribution in [0.5, 0.6) is 0 Å². The van der Waals surface area contributed by atoms with E-state index >= 15 is 4.79 Å². The molecule has 2 saturated heterocycles. The zero-order valence-corrected chi connectivity index (χ0v) is 26.1. The van der Waals surface area contributed by atoms with Gasteiger partial charge >= 0.3 is 0 Å². The van der Waals surface area contributed by atoms with E-state index in [2.05, 4.69) is 16.0 Å². The Hall–Kier alpha value is -4.89. The number of ketones is 1. The highest BCUT2D eigenvalue weighted by atomic mass is 35.5. The number of nitrogens with zero attached hydrogens (tertiary/aromatic N) is 6. The van der Waals surface area contributed by atoms with Gasteiger partial charge in [0.2, 0.25) is 10.0 Å². The minimum atomic E-state index is -3.76. The lowest BCUT2D eigenvalue weighted by Crippen LogP contribution is -2.46. The quantitative estimate of drug-likeness (QED) is 0.216. The van der Waals surface area contributed by atoms with Gasteiger partial charge in [0.05, 0.1) is 16.5 Å². The first kappa shape index (κ1) is 29.8. The Morgan fingerprint density at radius 1 is 0.913 bits per heavy atom. The molecule has 2 aromatic carbocycles. The summed E-state index contributed by atoms with van der Waals surface area (Å²) in [6.07, 6.45) is 7.95. The van der Waals surface area contributed by atoms with Crippen molar-refractivity contribution in [3.05, 3.63) is 137 Å². The van der Waals surface area contributed by atoms with Gasteiger partial charge in [0.1, 0.15) is 5.82 Å². The number of carbonyl (C=O) groups is 2. The van der Waals surface area contributed by atoms with E-state index < -0.39 is 15.6 Å². The summed E-state index contributed by atoms with van der Waals surface area (Å²) in [4.78, 5) is 40.7. The van der Waals surface area contributed by atoms with E-state index in [1.54, 1.807) is 97.4 Å². The number of piperidine rings is 1. The number of benzene rings is 2. The summed E-state index contributed by atoms with van der Waals surface area (Å²) in [7, 11) is -1.97. The van der Waals surface area contributed by atoms with E-state index in [1.165, 1.54) is 22.5 Å². The number of rotatable bonds is 7. The number of amides is 1. The van der Waals surface area contributed by atoms with Gasteiger partial charge in [-0.1, -0.05) is 11.6 Å². The molecule has 1 aliphatic carbocycles. The Labute approximate surface area is 271 Å². The van der Waals surface area contributed by atoms with Gasteiger partial charge in [-0.25, -0.2) is 8.42 Å². The molecule has 0 radical (unpaired) electrons. The lowest BCUT2D eigenvalue weighted by Gasteiger charge is -2.35. The molecule has 10 nitrogen and oxygen atoms in total. The van der Waals surface area contributed by atoms with Crippen molar-refractivity contribution in [2.45, 2.75) is 16.5 Å². The summed E-state index contributed by atoms with van der Waals surface area (Å²) in [6, 6.07) is 21.3. The number of aromatic nitrogens is 2. The zero-order valence-electron chi connectivity index (χ0n) is 24.6. The lowest BCUT2D eigenvalue weighted by atomic mass is 9.82. The average molecular weight is 651 g/mol. The van der Waals surface area contributed by atoms with Gasteiger partial charge in [-0.2, -0.15) is 9.57 Å². The molecule has 4 aromatic rings. The minimum Gasteiger partial charge on any atom is -0.339 e. The molecule has 1 saturated carbocycles. The fourth-order valence-corrected chi connectivity index (χ4v) is 8.54. The van der Waals surface area contributed by atoms with Crippen LogP contribution in [0.1, 0.15) is 27.0 Å². The molecule has 1 amide bonds. The smallest absolute Gasteiger partial charge is 0.263 e. The Morgan fingerprint density at radius 2 is 1.46 bits per heavy atom. The van der Waals surface area contributed by atoms with Gasteiger partial charge in [-0.05, 0) is 83.9 Å². The number of sulfonamides is 1. The van der Waals surface area contributed by atoms with E-state index in [-0.39, 0.29) is 47.6 Å². The third-order valence-electron chi connectivity index (χ3n) is 9.24. The van der Waals surface area contributed by atoms with Crippen LogP contribution in [0.2, 0.25) is 5.02 Å². The molecule has 0 bridgehead atoms. The highest BCUT2D eigenvalue weighted by Gasteiger charge is 2.67. The minimum absolute atomic E-state index is 0.126. The maximum absolute atomic E-state index is 15.0. The van der Waals surface area contributed by atoms with Crippen LogP contribution in [0.4, 0.5) is 0 Å². The summed E-state index contributed by atoms with van der Waals surface area (Å²) in [5.74, 6) is -0.434. The van der Waals surface area contributed by atoms with Crippen LogP contribution in [0.3, 0.4) is 0 Å². The fourth-order valence-electron chi connectivity index (χ4n) is 6.90. The second-order valence-electron chi connectivity index (χ2n) is 11.6. The highest BCUT2D eigenvalue weighted by Crippen LogP contribution is 2.56. The number of likely N-dealkylation sites (N-methyl/N-ethyl adjacent to an activating group) is 1. The molecular weight excluding hydrogens is 624 g/mol. The topological polar surface area (TPSA) is 128 Å². The van der Waals surface area contributed by atoms with Crippen LogP contribution in [-0.4, -0.2) is 70.4 Å². The fraction of sp³-hybridized carbons (Fsp3) is 0.206. The molecule has 7 rings (SSSR count). The summed E-state index contributed by atoms with van der Waals surface area (Å²) < 4.78 is 28.4. The predicted octanol–water partition coefficient (Wildman–Crippen LogP) is 4.06. The SMILES string of the molecule is CN1C(=CC(=O)c2ccc(C#N)cc2)N(C2[C@H]3CN(S(=O)(=O)c4ccc(Cl)cc4)C[C@H]23)C(=O)C1(c1ccncc1)c1ccncc1. The van der Waals surface area contributed by atoms with Gasteiger partial charge in [0.15, 0.2) is 11.3 Å². The summed E-state index contributed by atoms with van der Waals surface area (Å²) >= 11 is 5.98. The van der Waals surface area contributed by atoms with Gasteiger partial charge in [0, 0.05) is 79.5 Å². The lowest BCUT2D eigenvalue weighted by molar-refractivity contribution is -0.132. The predicted molar refractivity (Wildman–Crippen MR) is 168 cm³/mol. The molecule has 3 aliphatic rings. The third-order valence-corrected chi connectivity index (χ3v) is 11.3. The molecule has 2 atom stereocenters. The molecule has 3 fully saturated rings. The van der Waals surface area contributed by atoms with Crippen molar-refractivity contribution in [1.82, 2.24) is 24.1 Å². The van der Waals surface area contributed by atoms with Crippen LogP contribution in [-0.2, 0) is 20.4 Å². The van der Waals surface area contributed by atoms with Gasteiger partial charge < -0.3 is 4.90 Å². The molecule has 0 unspecified atom stereocenters. The molecule has 12 heteroatoms. The first-order valence-corrected chi connectivity index (χ1v) is 16.4. The van der Waals surface area contributed by atoms with Crippen molar-refractivity contribution in [3.8, 4) is 6.07 Å². The van der Waals surface area contributed by atoms with Crippen LogP contribution >= 0.6 is 11.6 Å². The summed E-state index contributed by atoms with van der Waals surface area (Å²) in [5.41, 5.74) is 0.789. The summed E-state index contributed by atoms with van der Waals surface area (Å²) in [5, 5.41) is 9.65. The van der Waals surface area contributed by atoms with Crippen molar-refractivity contribution in [2.24, 2.45) is 11.8 Å². The number of pyridine rings is 2. The van der Waals surface area contributed by atoms with Gasteiger partial charge in [-0.15, -0.1) is 0 Å². The van der Waals surface area contributed by atoms with Gasteiger partial charge in [0.25, 0.3) is 5.91 Å². The monoisotopic (exact) mass is 650 g/mol. The number of nitriles is 1. The van der Waals surface area contributed by atoms with Gasteiger partial charge in [-0.3, -0.25) is 24.5 Å². The molecule has 0 N–H and O–H groups in total. The normalized spacial score (nSPS) is 22.9. The molecule has 4 heterocycles. The number of fused-ring (bicyclic) bond motifs is 1. The van der Waals surface area contributed by atoms with Crippen molar-refractivity contribution < 1.29 is 18.0 Å². The van der Waals surface area contributed by atoms with Crippen LogP contribution in [0.25, 0.3) is 0 Å². The number of hydrogen-bond acceptors (Lipinski definition) is 8. The Bertz CT molecular complexity index is 1960. The van der Waals surface area contributed by atoms with Crippen LogP contribution < -0.4 is 0 Å². The molecule has 0 spiro atoms. The summed E-state index contributed by atoms with van der Waals surface area (Å²) in [6.45, 7) is 0.476. The third kappa shape index (κ3) is 4.60. The molecule has 230 valence electrons. The number of hydrogen-bond donors (Lipinski definition) is 0. The molecule has 2 aliphatic heterocycles. The Kier molecular flexibility index (Phi) is 7.24. The Morgan fingerprint density at radius 3 is 1.98 bits per heavy atom. The van der Waals surface area contributed by atoms with Crippen molar-refractivity contribution >= 4 is 33.3 Å². The van der Waals surface area contributed by atoms with Crippen molar-refractivity contribution in [2.75, 3.05) is 20.1 Å². The first-order valence-electron chi connectivity index (χ1n) is 14.6. The maximum Gasteiger partial charge on any atom is 0.263 e. The standard InChI is InChI=1S/C34H27ClN6O4S/c1-39-31(18-30(42)23-4-2-22(19-36)3-5-23)41(33(43)34(39,24-10-14-37-15-11-24)25-12-16-38-17-13-25)32-28-20-40(21-29(28)32)46(44,45)27-8-6-26(35)7-9-27/h2-18,28-29,32H,20-21H2,1H3/t28-,29-/m0/s1. The van der Waals surface area contributed by atoms with E-state index in [4.69, 9.17) is 11.6 Å². The van der Waals surface area contributed by atoms with E-state index in [0.717, 1.165) is 0 Å². The van der Waals surface area contributed by atoms with E-state index in [1.807, 2.05) is 4.90 Å². The highest BCUT2D eigenvalue weighted by molar-refractivity contribution is 7.89. The molecule has 2 aromatic heterocycles. The maximum atomic E-state index is 15.0. The van der Waals surface area contributed by atoms with Crippen molar-refractivity contribution in [3.63, 3.8) is 0 Å². The van der Waals surface area contributed by atoms with E-state index in [0.29, 0.717) is 33.1 Å². The number of allylic oxidation sites excluding steroid dienone is 1. The number of carbonyl (C=O) groups excluding carboxylic acids is 2. The largest absolute Gasteiger partial charge is 0.339 e. The van der Waals surface area contributed by atoms with E-state index in [9.17, 15) is 18.5 Å². The molecule has 46 heavy (non-hydrogen) atoms. The second kappa shape index (κ2) is 11.2. The van der Waals surface area contributed by atoms with Crippen LogP contribution in [0.15, 0.2) is 114 Å². The van der Waals surface area contributed by atoms with Crippen molar-refractivity contribution in [1.29, 1.82) is 5.26 Å². The first-order chi connectivity index (χ1) is 22.2.